The van der Waals surface area contributed by atoms with Crippen LogP contribution in [0.25, 0.3) is 0 Å². The van der Waals surface area contributed by atoms with E-state index in [-0.39, 0.29) is 30.5 Å². The van der Waals surface area contributed by atoms with Gasteiger partial charge in [-0.05, 0) is 51.0 Å². The third-order valence-electron chi connectivity index (χ3n) is 5.17. The molecular formula is C23H30N2O4S. The number of carbonyl (C=O) groups is 1. The van der Waals surface area contributed by atoms with Gasteiger partial charge in [-0.1, -0.05) is 30.3 Å². The lowest BCUT2D eigenvalue weighted by molar-refractivity contribution is -0.122. The average molecular weight is 431 g/mol. The van der Waals surface area contributed by atoms with Crippen molar-refractivity contribution >= 4 is 21.6 Å². The molecule has 0 bridgehead atoms. The highest BCUT2D eigenvalue weighted by Crippen LogP contribution is 2.39. The van der Waals surface area contributed by atoms with E-state index in [0.29, 0.717) is 18.5 Å². The first-order valence-corrected chi connectivity index (χ1v) is 12.0. The molecule has 3 rings (SSSR count). The third kappa shape index (κ3) is 5.53. The molecule has 2 aromatic carbocycles. The fraction of sp³-hybridized carbons (Fsp3) is 0.435. The SMILES string of the molecule is Cc1ccc2c(c1)OC(C)(C)C[C@@H]2NC(=O)CCCN(c1ccccc1)S(C)(=O)=O. The number of fused-ring (bicyclic) bond motifs is 1. The van der Waals surface area contributed by atoms with Crippen molar-refractivity contribution in [1.82, 2.24) is 5.32 Å². The van der Waals surface area contributed by atoms with Gasteiger partial charge in [0, 0.05) is 24.9 Å². The summed E-state index contributed by atoms with van der Waals surface area (Å²) in [5.41, 5.74) is 2.32. The Hall–Kier alpha value is -2.54. The maximum absolute atomic E-state index is 12.6. The number of nitrogens with zero attached hydrogens (tertiary/aromatic N) is 1. The van der Waals surface area contributed by atoms with Crippen LogP contribution in [0, 0.1) is 6.92 Å². The highest BCUT2D eigenvalue weighted by molar-refractivity contribution is 7.92. The van der Waals surface area contributed by atoms with E-state index in [2.05, 4.69) is 5.32 Å². The zero-order valence-corrected chi connectivity index (χ0v) is 18.8. The summed E-state index contributed by atoms with van der Waals surface area (Å²) < 4.78 is 31.8. The lowest BCUT2D eigenvalue weighted by Gasteiger charge is -2.38. The summed E-state index contributed by atoms with van der Waals surface area (Å²) in [6.07, 6.45) is 2.54. The maximum Gasteiger partial charge on any atom is 0.232 e. The number of para-hydroxylation sites is 1. The van der Waals surface area contributed by atoms with E-state index in [0.717, 1.165) is 16.9 Å². The van der Waals surface area contributed by atoms with Gasteiger partial charge in [-0.15, -0.1) is 0 Å². The van der Waals surface area contributed by atoms with Crippen molar-refractivity contribution in [3.05, 3.63) is 59.7 Å². The number of ether oxygens (including phenoxy) is 1. The van der Waals surface area contributed by atoms with E-state index in [1.54, 1.807) is 24.3 Å². The van der Waals surface area contributed by atoms with E-state index in [1.807, 2.05) is 45.0 Å². The normalized spacial score (nSPS) is 17.5. The average Bonchev–Trinajstić information content (AvgIpc) is 2.63. The van der Waals surface area contributed by atoms with Gasteiger partial charge in [0.1, 0.15) is 11.4 Å². The quantitative estimate of drug-likeness (QED) is 0.721. The molecule has 1 aliphatic rings. The highest BCUT2D eigenvalue weighted by Gasteiger charge is 2.34. The summed E-state index contributed by atoms with van der Waals surface area (Å²) in [6.45, 7) is 6.30. The van der Waals surface area contributed by atoms with Gasteiger partial charge in [-0.25, -0.2) is 8.42 Å². The summed E-state index contributed by atoms with van der Waals surface area (Å²) in [5, 5.41) is 3.12. The first-order valence-electron chi connectivity index (χ1n) is 10.2. The maximum atomic E-state index is 12.6. The Morgan fingerprint density at radius 2 is 1.90 bits per heavy atom. The van der Waals surface area contributed by atoms with E-state index < -0.39 is 10.0 Å². The summed E-state index contributed by atoms with van der Waals surface area (Å²) in [7, 11) is -3.42. The zero-order chi connectivity index (χ0) is 21.9. The number of sulfonamides is 1. The van der Waals surface area contributed by atoms with Gasteiger partial charge in [0.15, 0.2) is 0 Å². The van der Waals surface area contributed by atoms with Gasteiger partial charge in [-0.3, -0.25) is 9.10 Å². The van der Waals surface area contributed by atoms with Crippen LogP contribution in [-0.4, -0.2) is 32.7 Å². The largest absolute Gasteiger partial charge is 0.487 e. The fourth-order valence-electron chi connectivity index (χ4n) is 3.82. The van der Waals surface area contributed by atoms with Crippen LogP contribution in [0.1, 0.15) is 50.3 Å². The van der Waals surface area contributed by atoms with E-state index in [1.165, 1.54) is 10.6 Å². The molecule has 1 atom stereocenters. The number of hydrogen-bond acceptors (Lipinski definition) is 4. The van der Waals surface area contributed by atoms with Crippen LogP contribution in [0.4, 0.5) is 5.69 Å². The van der Waals surface area contributed by atoms with Crippen LogP contribution in [0.3, 0.4) is 0 Å². The molecule has 1 aliphatic heterocycles. The van der Waals surface area contributed by atoms with Crippen LogP contribution < -0.4 is 14.4 Å². The second-order valence-electron chi connectivity index (χ2n) is 8.50. The number of carbonyl (C=O) groups excluding carboxylic acids is 1. The number of nitrogens with one attached hydrogen (secondary N) is 1. The molecule has 0 unspecified atom stereocenters. The van der Waals surface area contributed by atoms with Crippen molar-refractivity contribution in [3.8, 4) is 5.75 Å². The standard InChI is InChI=1S/C23H30N2O4S/c1-17-12-13-19-20(16-23(2,3)29-21(19)15-17)24-22(26)11-8-14-25(30(4,27)28)18-9-6-5-7-10-18/h5-7,9-10,12-13,15,20H,8,11,14,16H2,1-4H3,(H,24,26)/t20-/m0/s1. The molecule has 30 heavy (non-hydrogen) atoms. The number of aryl methyl sites for hydroxylation is 1. The predicted octanol–water partition coefficient (Wildman–Crippen LogP) is 3.96. The molecule has 7 heteroatoms. The van der Waals surface area contributed by atoms with E-state index in [9.17, 15) is 13.2 Å². The number of anilines is 1. The number of hydrogen-bond donors (Lipinski definition) is 1. The van der Waals surface area contributed by atoms with Gasteiger partial charge in [0.2, 0.25) is 15.9 Å². The van der Waals surface area contributed by atoms with Gasteiger partial charge in [-0.2, -0.15) is 0 Å². The molecule has 162 valence electrons. The zero-order valence-electron chi connectivity index (χ0n) is 18.0. The Kier molecular flexibility index (Phi) is 6.41. The Morgan fingerprint density at radius 1 is 1.20 bits per heavy atom. The second kappa shape index (κ2) is 8.68. The Bertz CT molecular complexity index is 1000. The first-order chi connectivity index (χ1) is 14.0. The molecule has 0 aromatic heterocycles. The molecule has 1 amide bonds. The molecule has 0 fully saturated rings. The lowest BCUT2D eigenvalue weighted by Crippen LogP contribution is -2.41. The number of rotatable bonds is 7. The van der Waals surface area contributed by atoms with Crippen molar-refractivity contribution in [2.24, 2.45) is 0 Å². The third-order valence-corrected chi connectivity index (χ3v) is 6.37. The van der Waals surface area contributed by atoms with Crippen molar-refractivity contribution in [3.63, 3.8) is 0 Å². The van der Waals surface area contributed by atoms with Gasteiger partial charge < -0.3 is 10.1 Å². The first kappa shape index (κ1) is 22.2. The van der Waals surface area contributed by atoms with Crippen LogP contribution in [0.2, 0.25) is 0 Å². The minimum absolute atomic E-state index is 0.0919. The molecule has 6 nitrogen and oxygen atoms in total. The van der Waals surface area contributed by atoms with Crippen LogP contribution >= 0.6 is 0 Å². The smallest absolute Gasteiger partial charge is 0.232 e. The van der Waals surface area contributed by atoms with Crippen molar-refractivity contribution < 1.29 is 17.9 Å². The molecule has 1 N–H and O–H groups in total. The van der Waals surface area contributed by atoms with E-state index >= 15 is 0 Å². The molecule has 2 aromatic rings. The summed E-state index contributed by atoms with van der Waals surface area (Å²) >= 11 is 0. The van der Waals surface area contributed by atoms with Crippen LogP contribution in [-0.2, 0) is 14.8 Å². The van der Waals surface area contributed by atoms with Crippen molar-refractivity contribution in [2.45, 2.75) is 51.7 Å². The number of benzene rings is 2. The molecule has 0 saturated carbocycles. The highest BCUT2D eigenvalue weighted by atomic mass is 32.2. The molecule has 0 aliphatic carbocycles. The predicted molar refractivity (Wildman–Crippen MR) is 119 cm³/mol. The Balaban J connectivity index is 1.63. The fourth-order valence-corrected chi connectivity index (χ4v) is 4.78. The van der Waals surface area contributed by atoms with Crippen molar-refractivity contribution in [2.75, 3.05) is 17.1 Å². The molecule has 1 heterocycles. The monoisotopic (exact) mass is 430 g/mol. The van der Waals surface area contributed by atoms with Crippen LogP contribution in [0.15, 0.2) is 48.5 Å². The molecule has 0 saturated heterocycles. The second-order valence-corrected chi connectivity index (χ2v) is 10.4. The Morgan fingerprint density at radius 3 is 2.57 bits per heavy atom. The lowest BCUT2D eigenvalue weighted by atomic mass is 9.89. The van der Waals surface area contributed by atoms with Crippen LogP contribution in [0.5, 0.6) is 5.75 Å². The number of amides is 1. The van der Waals surface area contributed by atoms with E-state index in [4.69, 9.17) is 4.74 Å². The van der Waals surface area contributed by atoms with Gasteiger partial charge in [0.25, 0.3) is 0 Å². The minimum atomic E-state index is -3.42. The minimum Gasteiger partial charge on any atom is -0.487 e. The molecule has 0 radical (unpaired) electrons. The topological polar surface area (TPSA) is 75.7 Å². The molecular weight excluding hydrogens is 400 g/mol. The summed E-state index contributed by atoms with van der Waals surface area (Å²) in [5.74, 6) is 0.717. The Labute approximate surface area is 179 Å². The van der Waals surface area contributed by atoms with Crippen molar-refractivity contribution in [1.29, 1.82) is 0 Å². The van der Waals surface area contributed by atoms with Gasteiger partial charge >= 0.3 is 0 Å². The summed E-state index contributed by atoms with van der Waals surface area (Å²) in [6, 6.07) is 14.8. The van der Waals surface area contributed by atoms with Gasteiger partial charge in [0.05, 0.1) is 18.0 Å². The summed E-state index contributed by atoms with van der Waals surface area (Å²) in [4.78, 5) is 12.6. The molecule has 0 spiro atoms.